The number of aromatic nitrogens is 2. The molecule has 5 rings (SSSR count). The van der Waals surface area contributed by atoms with Crippen LogP contribution in [-0.4, -0.2) is 46.8 Å². The third kappa shape index (κ3) is 4.07. The van der Waals surface area contributed by atoms with Crippen LogP contribution in [0.4, 0.5) is 15.9 Å². The van der Waals surface area contributed by atoms with Gasteiger partial charge >= 0.3 is 0 Å². The van der Waals surface area contributed by atoms with Crippen LogP contribution >= 0.6 is 23.2 Å². The number of nitrogens with zero attached hydrogens (tertiary/aromatic N) is 4. The van der Waals surface area contributed by atoms with E-state index in [2.05, 4.69) is 15.3 Å². The lowest BCUT2D eigenvalue weighted by Crippen LogP contribution is -2.50. The van der Waals surface area contributed by atoms with Crippen molar-refractivity contribution in [2.24, 2.45) is 0 Å². The first kappa shape index (κ1) is 21.8. The van der Waals surface area contributed by atoms with Crippen LogP contribution in [0.1, 0.15) is 18.5 Å². The maximum Gasteiger partial charge on any atom is 0.254 e. The fourth-order valence-corrected chi connectivity index (χ4v) is 4.77. The minimum absolute atomic E-state index is 0.0454. The van der Waals surface area contributed by atoms with Gasteiger partial charge in [0.1, 0.15) is 17.7 Å². The van der Waals surface area contributed by atoms with Crippen molar-refractivity contribution in [1.82, 2.24) is 14.7 Å². The average Bonchev–Trinajstić information content (AvgIpc) is 3.28. The largest absolute Gasteiger partial charge is 0.368 e. The number of benzene rings is 2. The summed E-state index contributed by atoms with van der Waals surface area (Å²) in [6.07, 6.45) is 1.70. The summed E-state index contributed by atoms with van der Waals surface area (Å²) < 4.78 is 15.1. The van der Waals surface area contributed by atoms with E-state index < -0.39 is 6.04 Å². The van der Waals surface area contributed by atoms with Crippen molar-refractivity contribution < 1.29 is 9.18 Å². The molecule has 1 saturated heterocycles. The molecular formula is C24H22Cl2FN5O. The number of nitrogens with one attached hydrogen (secondary N) is 1. The van der Waals surface area contributed by atoms with Gasteiger partial charge in [0.05, 0.1) is 21.8 Å². The number of piperazine rings is 1. The van der Waals surface area contributed by atoms with Gasteiger partial charge in [-0.1, -0.05) is 29.3 Å². The molecule has 3 heterocycles. The maximum absolute atomic E-state index is 13.8. The Labute approximate surface area is 201 Å². The van der Waals surface area contributed by atoms with Crippen LogP contribution in [0, 0.1) is 5.82 Å². The monoisotopic (exact) mass is 485 g/mol. The van der Waals surface area contributed by atoms with Crippen LogP contribution in [0.5, 0.6) is 0 Å². The Morgan fingerprint density at radius 2 is 1.76 bits per heavy atom. The molecule has 1 aromatic heterocycles. The van der Waals surface area contributed by atoms with Gasteiger partial charge < -0.3 is 15.1 Å². The number of rotatable bonds is 3. The van der Waals surface area contributed by atoms with Crippen LogP contribution in [-0.2, 0) is 4.79 Å². The highest BCUT2D eigenvalue weighted by atomic mass is 35.5. The van der Waals surface area contributed by atoms with Crippen molar-refractivity contribution in [3.63, 3.8) is 0 Å². The summed E-state index contributed by atoms with van der Waals surface area (Å²) in [5.41, 5.74) is 3.20. The van der Waals surface area contributed by atoms with E-state index in [4.69, 9.17) is 23.2 Å². The third-order valence-corrected chi connectivity index (χ3v) is 6.90. The van der Waals surface area contributed by atoms with Crippen LogP contribution in [0.2, 0.25) is 10.0 Å². The second-order valence-corrected chi connectivity index (χ2v) is 8.97. The van der Waals surface area contributed by atoms with Gasteiger partial charge in [-0.25, -0.2) is 9.07 Å². The second kappa shape index (κ2) is 8.72. The van der Waals surface area contributed by atoms with Crippen LogP contribution < -0.4 is 10.2 Å². The minimum atomic E-state index is -0.423. The highest BCUT2D eigenvalue weighted by Crippen LogP contribution is 2.38. The SMILES string of the molecule is CC1=C(C(=O)N2CCN(c3ccc(F)cc3)CC2)[C@@H](c2ccc(Cl)c(Cl)c2)n2nccc2N1. The minimum Gasteiger partial charge on any atom is -0.368 e. The second-order valence-electron chi connectivity index (χ2n) is 8.16. The Bertz CT molecular complexity index is 1230. The topological polar surface area (TPSA) is 53.4 Å². The van der Waals surface area contributed by atoms with Crippen molar-refractivity contribution in [2.45, 2.75) is 13.0 Å². The van der Waals surface area contributed by atoms with Crippen molar-refractivity contribution in [2.75, 3.05) is 36.4 Å². The van der Waals surface area contributed by atoms with Crippen molar-refractivity contribution >= 4 is 40.6 Å². The maximum atomic E-state index is 13.8. The summed E-state index contributed by atoms with van der Waals surface area (Å²) in [6.45, 7) is 4.37. The number of fused-ring (bicyclic) bond motifs is 1. The van der Waals surface area contributed by atoms with Gasteiger partial charge in [0, 0.05) is 43.6 Å². The summed E-state index contributed by atoms with van der Waals surface area (Å²) in [5.74, 6) is 0.503. The molecule has 0 bridgehead atoms. The molecule has 0 aliphatic carbocycles. The Hall–Kier alpha value is -3.03. The molecule has 6 nitrogen and oxygen atoms in total. The number of allylic oxidation sites excluding steroid dienone is 1. The van der Waals surface area contributed by atoms with E-state index in [1.807, 2.05) is 24.0 Å². The van der Waals surface area contributed by atoms with Crippen molar-refractivity contribution in [1.29, 1.82) is 0 Å². The third-order valence-electron chi connectivity index (χ3n) is 6.16. The van der Waals surface area contributed by atoms with Crippen LogP contribution in [0.25, 0.3) is 0 Å². The molecule has 0 saturated carbocycles. The zero-order valence-corrected chi connectivity index (χ0v) is 19.4. The lowest BCUT2D eigenvalue weighted by atomic mass is 9.94. The highest BCUT2D eigenvalue weighted by molar-refractivity contribution is 6.42. The number of carbonyl (C=O) groups excluding carboxylic acids is 1. The molecule has 170 valence electrons. The first-order valence-electron chi connectivity index (χ1n) is 10.7. The quantitative estimate of drug-likeness (QED) is 0.569. The van der Waals surface area contributed by atoms with Gasteiger partial charge in [-0.3, -0.25) is 4.79 Å². The van der Waals surface area contributed by atoms with Gasteiger partial charge in [0.2, 0.25) is 0 Å². The summed E-state index contributed by atoms with van der Waals surface area (Å²) in [4.78, 5) is 17.8. The summed E-state index contributed by atoms with van der Waals surface area (Å²) in [7, 11) is 0. The molecular weight excluding hydrogens is 464 g/mol. The summed E-state index contributed by atoms with van der Waals surface area (Å²) >= 11 is 12.5. The lowest BCUT2D eigenvalue weighted by Gasteiger charge is -2.38. The summed E-state index contributed by atoms with van der Waals surface area (Å²) in [5, 5.41) is 8.66. The molecule has 2 aromatic carbocycles. The molecule has 1 amide bonds. The van der Waals surface area contributed by atoms with E-state index in [1.165, 1.54) is 12.1 Å². The van der Waals surface area contributed by atoms with Gasteiger partial charge in [0.15, 0.2) is 0 Å². The van der Waals surface area contributed by atoms with Crippen LogP contribution in [0.15, 0.2) is 66.0 Å². The fraction of sp³-hybridized carbons (Fsp3) is 0.250. The average molecular weight is 486 g/mol. The van der Waals surface area contributed by atoms with Crippen molar-refractivity contribution in [3.05, 3.63) is 87.4 Å². The number of anilines is 2. The Morgan fingerprint density at radius 1 is 1.03 bits per heavy atom. The molecule has 2 aliphatic rings. The normalized spacial score (nSPS) is 18.2. The zero-order valence-electron chi connectivity index (χ0n) is 17.9. The standard InChI is InChI=1S/C24H22Cl2FN5O/c1-15-22(24(33)31-12-10-30(11-13-31)18-5-3-17(27)4-6-18)23(32-21(29-15)8-9-28-32)16-2-7-19(25)20(26)14-16/h2-9,14,23,29H,10-13H2,1H3/t23-/m1/s1. The molecule has 33 heavy (non-hydrogen) atoms. The van der Waals surface area contributed by atoms with E-state index in [0.29, 0.717) is 41.8 Å². The van der Waals surface area contributed by atoms with E-state index >= 15 is 0 Å². The lowest BCUT2D eigenvalue weighted by molar-refractivity contribution is -0.127. The predicted octanol–water partition coefficient (Wildman–Crippen LogP) is 4.97. The molecule has 1 N–H and O–H groups in total. The molecule has 2 aliphatic heterocycles. The smallest absolute Gasteiger partial charge is 0.254 e. The number of halogens is 3. The number of carbonyl (C=O) groups is 1. The predicted molar refractivity (Wildman–Crippen MR) is 128 cm³/mol. The van der Waals surface area contributed by atoms with E-state index in [-0.39, 0.29) is 11.7 Å². The number of hydrogen-bond acceptors (Lipinski definition) is 4. The first-order chi connectivity index (χ1) is 15.9. The highest BCUT2D eigenvalue weighted by Gasteiger charge is 2.36. The zero-order chi connectivity index (χ0) is 23.1. The number of hydrogen-bond donors (Lipinski definition) is 1. The van der Waals surface area contributed by atoms with E-state index in [1.54, 1.807) is 35.1 Å². The molecule has 3 aromatic rings. The van der Waals surface area contributed by atoms with Crippen molar-refractivity contribution in [3.8, 4) is 0 Å². The van der Waals surface area contributed by atoms with E-state index in [9.17, 15) is 9.18 Å². The van der Waals surface area contributed by atoms with Gasteiger partial charge in [-0.2, -0.15) is 5.10 Å². The molecule has 0 radical (unpaired) electrons. The molecule has 1 atom stereocenters. The van der Waals surface area contributed by atoms with Gasteiger partial charge in [-0.15, -0.1) is 0 Å². The Balaban J connectivity index is 1.42. The molecule has 0 unspecified atom stereocenters. The molecule has 9 heteroatoms. The Morgan fingerprint density at radius 3 is 2.45 bits per heavy atom. The fourth-order valence-electron chi connectivity index (χ4n) is 4.46. The first-order valence-corrected chi connectivity index (χ1v) is 11.4. The molecule has 1 fully saturated rings. The van der Waals surface area contributed by atoms with Crippen LogP contribution in [0.3, 0.4) is 0 Å². The Kier molecular flexibility index (Phi) is 5.76. The molecule has 0 spiro atoms. The summed E-state index contributed by atoms with van der Waals surface area (Å²) in [6, 6.07) is 13.3. The van der Waals surface area contributed by atoms with Gasteiger partial charge in [0.25, 0.3) is 5.91 Å². The van der Waals surface area contributed by atoms with E-state index in [0.717, 1.165) is 22.8 Å². The number of amides is 1. The van der Waals surface area contributed by atoms with Gasteiger partial charge in [-0.05, 0) is 48.9 Å².